The molecule has 0 spiro atoms. The summed E-state index contributed by atoms with van der Waals surface area (Å²) in [4.78, 5) is 18.9. The van der Waals surface area contributed by atoms with Gasteiger partial charge in [0.15, 0.2) is 0 Å². The Kier molecular flexibility index (Phi) is 5.73. The van der Waals surface area contributed by atoms with Crippen LogP contribution < -0.4 is 10.3 Å². The number of carbonyl (C=O) groups excluding carboxylic acids is 1. The standard InChI is InChI=1S/C19H18F3N5O2S/c20-19(21,22)18-24-14-3-1-2-4-15(14)27(18)12-16(28)25-23-11-13-5-6-17(30-13)26-7-9-29-10-8-26/h1-6,11H,7-10,12H2,(H,25,28). The van der Waals surface area contributed by atoms with Gasteiger partial charge in [0.05, 0.1) is 35.5 Å². The van der Waals surface area contributed by atoms with Crippen LogP contribution in [0.3, 0.4) is 0 Å². The molecule has 4 rings (SSSR count). The van der Waals surface area contributed by atoms with Crippen LogP contribution in [0.1, 0.15) is 10.7 Å². The summed E-state index contributed by atoms with van der Waals surface area (Å²) in [6, 6.07) is 9.99. The number of carbonyl (C=O) groups is 1. The second-order valence-corrected chi connectivity index (χ2v) is 7.67. The van der Waals surface area contributed by atoms with Crippen LogP contribution in [0, 0.1) is 0 Å². The van der Waals surface area contributed by atoms with Gasteiger partial charge in [-0.3, -0.25) is 4.79 Å². The number of ether oxygens (including phenoxy) is 1. The van der Waals surface area contributed by atoms with E-state index in [0.717, 1.165) is 27.5 Å². The molecule has 0 saturated carbocycles. The molecule has 1 aliphatic rings. The van der Waals surface area contributed by atoms with E-state index in [1.807, 2.05) is 12.1 Å². The first kappa shape index (κ1) is 20.4. The number of anilines is 1. The lowest BCUT2D eigenvalue weighted by atomic mass is 10.3. The van der Waals surface area contributed by atoms with E-state index in [0.29, 0.717) is 13.2 Å². The van der Waals surface area contributed by atoms with Gasteiger partial charge in [0.25, 0.3) is 5.91 Å². The van der Waals surface area contributed by atoms with Crippen LogP contribution in [0.5, 0.6) is 0 Å². The summed E-state index contributed by atoms with van der Waals surface area (Å²) >= 11 is 1.51. The largest absolute Gasteiger partial charge is 0.449 e. The predicted molar refractivity (Wildman–Crippen MR) is 108 cm³/mol. The number of nitrogens with one attached hydrogen (secondary N) is 1. The Balaban J connectivity index is 1.42. The number of hydrazone groups is 1. The van der Waals surface area contributed by atoms with Crippen molar-refractivity contribution in [2.24, 2.45) is 5.10 Å². The molecule has 0 radical (unpaired) electrons. The minimum Gasteiger partial charge on any atom is -0.378 e. The van der Waals surface area contributed by atoms with Gasteiger partial charge < -0.3 is 14.2 Å². The van der Waals surface area contributed by atoms with E-state index in [-0.39, 0.29) is 11.0 Å². The minimum atomic E-state index is -4.67. The number of hydrogen-bond donors (Lipinski definition) is 1. The van der Waals surface area contributed by atoms with Crippen LogP contribution in [0.2, 0.25) is 0 Å². The quantitative estimate of drug-likeness (QED) is 0.492. The van der Waals surface area contributed by atoms with E-state index in [1.165, 1.54) is 29.7 Å². The number of aromatic nitrogens is 2. The molecule has 1 saturated heterocycles. The number of halogens is 3. The van der Waals surface area contributed by atoms with Crippen molar-refractivity contribution < 1.29 is 22.7 Å². The maximum atomic E-state index is 13.3. The number of imidazole rings is 1. The van der Waals surface area contributed by atoms with Crippen LogP contribution >= 0.6 is 11.3 Å². The first-order valence-corrected chi connectivity index (χ1v) is 10.0. The van der Waals surface area contributed by atoms with E-state index in [4.69, 9.17) is 4.74 Å². The third-order valence-electron chi connectivity index (χ3n) is 4.53. The molecule has 30 heavy (non-hydrogen) atoms. The summed E-state index contributed by atoms with van der Waals surface area (Å²) in [6.07, 6.45) is -3.20. The van der Waals surface area contributed by atoms with Gasteiger partial charge in [0, 0.05) is 18.0 Å². The summed E-state index contributed by atoms with van der Waals surface area (Å²) < 4.78 is 46.1. The summed E-state index contributed by atoms with van der Waals surface area (Å²) in [6.45, 7) is 2.44. The fourth-order valence-corrected chi connectivity index (χ4v) is 4.09. The van der Waals surface area contributed by atoms with Crippen molar-refractivity contribution in [2.45, 2.75) is 12.7 Å². The molecule has 1 fully saturated rings. The number of rotatable bonds is 5. The number of alkyl halides is 3. The Morgan fingerprint density at radius 2 is 2.00 bits per heavy atom. The normalized spacial score (nSPS) is 15.2. The number of amides is 1. The molecule has 3 aromatic rings. The van der Waals surface area contributed by atoms with Gasteiger partial charge in [-0.05, 0) is 24.3 Å². The molecular formula is C19H18F3N5O2S. The number of benzene rings is 1. The molecule has 0 aliphatic carbocycles. The Hall–Kier alpha value is -2.92. The monoisotopic (exact) mass is 437 g/mol. The zero-order valence-corrected chi connectivity index (χ0v) is 16.5. The lowest BCUT2D eigenvalue weighted by Gasteiger charge is -2.27. The molecule has 2 aromatic heterocycles. The Morgan fingerprint density at radius 1 is 1.23 bits per heavy atom. The van der Waals surface area contributed by atoms with Crippen molar-refractivity contribution in [2.75, 3.05) is 31.2 Å². The number of morpholine rings is 1. The second-order valence-electron chi connectivity index (χ2n) is 6.58. The summed E-state index contributed by atoms with van der Waals surface area (Å²) in [7, 11) is 0. The highest BCUT2D eigenvalue weighted by molar-refractivity contribution is 7.17. The van der Waals surface area contributed by atoms with E-state index < -0.39 is 24.5 Å². The van der Waals surface area contributed by atoms with Gasteiger partial charge in [-0.2, -0.15) is 18.3 Å². The number of nitrogens with zero attached hydrogens (tertiary/aromatic N) is 4. The molecule has 0 bridgehead atoms. The molecule has 1 amide bonds. The van der Waals surface area contributed by atoms with Crippen LogP contribution in [0.15, 0.2) is 41.5 Å². The summed E-state index contributed by atoms with van der Waals surface area (Å²) in [5.74, 6) is -1.79. The fraction of sp³-hybridized carbons (Fsp3) is 0.316. The molecule has 1 aromatic carbocycles. The van der Waals surface area contributed by atoms with Crippen LogP contribution in [-0.2, 0) is 22.3 Å². The molecule has 158 valence electrons. The van der Waals surface area contributed by atoms with Crippen LogP contribution in [-0.4, -0.2) is 48.0 Å². The van der Waals surface area contributed by atoms with Crippen molar-refractivity contribution in [1.29, 1.82) is 0 Å². The van der Waals surface area contributed by atoms with Gasteiger partial charge in [0.2, 0.25) is 5.82 Å². The first-order valence-electron chi connectivity index (χ1n) is 9.19. The number of fused-ring (bicyclic) bond motifs is 1. The Labute approximate surface area is 173 Å². The molecule has 0 unspecified atom stereocenters. The van der Waals surface area contributed by atoms with Crippen molar-refractivity contribution in [3.8, 4) is 0 Å². The highest BCUT2D eigenvalue weighted by atomic mass is 32.1. The third-order valence-corrected chi connectivity index (χ3v) is 5.61. The molecular weight excluding hydrogens is 419 g/mol. The van der Waals surface area contributed by atoms with E-state index >= 15 is 0 Å². The van der Waals surface area contributed by atoms with E-state index in [9.17, 15) is 18.0 Å². The summed E-state index contributed by atoms with van der Waals surface area (Å²) in [5.41, 5.74) is 2.70. The summed E-state index contributed by atoms with van der Waals surface area (Å²) in [5, 5.41) is 4.95. The van der Waals surface area contributed by atoms with Crippen LogP contribution in [0.25, 0.3) is 11.0 Å². The van der Waals surface area contributed by atoms with Crippen molar-refractivity contribution in [1.82, 2.24) is 15.0 Å². The molecule has 1 aliphatic heterocycles. The van der Waals surface area contributed by atoms with Crippen molar-refractivity contribution in [3.63, 3.8) is 0 Å². The Bertz CT molecular complexity index is 1070. The molecule has 0 atom stereocenters. The molecule has 3 heterocycles. The van der Waals surface area contributed by atoms with Gasteiger partial charge >= 0.3 is 6.18 Å². The maximum absolute atomic E-state index is 13.3. The smallest absolute Gasteiger partial charge is 0.378 e. The van der Waals surface area contributed by atoms with Gasteiger partial charge in [-0.25, -0.2) is 10.4 Å². The Morgan fingerprint density at radius 3 is 2.77 bits per heavy atom. The van der Waals surface area contributed by atoms with E-state index in [2.05, 4.69) is 20.4 Å². The van der Waals surface area contributed by atoms with Crippen molar-refractivity contribution in [3.05, 3.63) is 47.1 Å². The lowest BCUT2D eigenvalue weighted by Crippen LogP contribution is -2.35. The molecule has 7 nitrogen and oxygen atoms in total. The second kappa shape index (κ2) is 8.44. The first-order chi connectivity index (χ1) is 14.4. The number of hydrogen-bond acceptors (Lipinski definition) is 6. The van der Waals surface area contributed by atoms with Crippen LogP contribution in [0.4, 0.5) is 18.2 Å². The van der Waals surface area contributed by atoms with Gasteiger partial charge in [0.1, 0.15) is 6.54 Å². The molecule has 1 N–H and O–H groups in total. The van der Waals surface area contributed by atoms with Gasteiger partial charge in [-0.15, -0.1) is 11.3 Å². The zero-order chi connectivity index (χ0) is 21.1. The SMILES string of the molecule is O=C(Cn1c(C(F)(F)F)nc2ccccc21)NN=Cc1ccc(N2CCOCC2)s1. The highest BCUT2D eigenvalue weighted by Gasteiger charge is 2.37. The lowest BCUT2D eigenvalue weighted by molar-refractivity contribution is -0.147. The average molecular weight is 437 g/mol. The van der Waals surface area contributed by atoms with Gasteiger partial charge in [-0.1, -0.05) is 12.1 Å². The van der Waals surface area contributed by atoms with Crippen molar-refractivity contribution >= 4 is 39.5 Å². The maximum Gasteiger partial charge on any atom is 0.449 e. The predicted octanol–water partition coefficient (Wildman–Crippen LogP) is 3.10. The third kappa shape index (κ3) is 4.46. The zero-order valence-electron chi connectivity index (χ0n) is 15.7. The van der Waals surface area contributed by atoms with E-state index in [1.54, 1.807) is 12.1 Å². The fourth-order valence-electron chi connectivity index (χ4n) is 3.16. The minimum absolute atomic E-state index is 0.176. The molecule has 11 heteroatoms. The topological polar surface area (TPSA) is 71.8 Å². The number of thiophene rings is 1. The average Bonchev–Trinajstić information content (AvgIpc) is 3.34. The number of para-hydroxylation sites is 2. The highest BCUT2D eigenvalue weighted by Crippen LogP contribution is 2.31.